The van der Waals surface area contributed by atoms with Gasteiger partial charge in [-0.15, -0.1) is 0 Å². The van der Waals surface area contributed by atoms with E-state index in [1.54, 1.807) is 0 Å². The van der Waals surface area contributed by atoms with Crippen molar-refractivity contribution in [3.63, 3.8) is 0 Å². The molecule has 0 N–H and O–H groups in total. The second-order valence-corrected chi connectivity index (χ2v) is 10.5. The average molecular weight is 527 g/mol. The van der Waals surface area contributed by atoms with Crippen LogP contribution < -0.4 is 0 Å². The first-order valence-electron chi connectivity index (χ1n) is 14.0. The van der Waals surface area contributed by atoms with Crippen molar-refractivity contribution >= 4 is 43.9 Å². The number of aliphatic imine (C=N–C) groups is 1. The van der Waals surface area contributed by atoms with Crippen LogP contribution in [0.15, 0.2) is 139 Å². The monoisotopic (exact) mass is 526 g/mol. The molecule has 0 radical (unpaired) electrons. The molecule has 1 aliphatic rings. The van der Waals surface area contributed by atoms with Crippen LogP contribution in [0.25, 0.3) is 55.0 Å². The Morgan fingerprint density at radius 2 is 1.44 bits per heavy atom. The summed E-state index contributed by atoms with van der Waals surface area (Å²) in [4.78, 5) is 14.0. The van der Waals surface area contributed by atoms with Crippen LogP contribution in [0.1, 0.15) is 24.1 Å². The highest BCUT2D eigenvalue weighted by molar-refractivity contribution is 6.09. The Balaban J connectivity index is 1.09. The molecule has 0 bridgehead atoms. The van der Waals surface area contributed by atoms with E-state index in [1.807, 2.05) is 24.8 Å². The fraction of sp³-hybridized carbons (Fsp3) is 0.0541. The zero-order valence-corrected chi connectivity index (χ0v) is 22.4. The molecule has 4 nitrogen and oxygen atoms in total. The smallest absolute Gasteiger partial charge is 0.0844 e. The maximum atomic E-state index is 4.87. The zero-order valence-electron chi connectivity index (χ0n) is 22.4. The minimum Gasteiger partial charge on any atom is -0.309 e. The molecule has 0 aliphatic carbocycles. The van der Waals surface area contributed by atoms with Gasteiger partial charge in [0.25, 0.3) is 0 Å². The third kappa shape index (κ3) is 4.12. The number of pyridine rings is 2. The molecule has 8 rings (SSSR count). The average Bonchev–Trinajstić information content (AvgIpc) is 3.39. The van der Waals surface area contributed by atoms with E-state index < -0.39 is 0 Å². The molecule has 7 aromatic rings. The Kier molecular flexibility index (Phi) is 5.56. The van der Waals surface area contributed by atoms with E-state index in [2.05, 4.69) is 119 Å². The third-order valence-electron chi connectivity index (χ3n) is 8.10. The van der Waals surface area contributed by atoms with Crippen molar-refractivity contribution in [1.82, 2.24) is 14.5 Å². The molecular formula is C37H26N4. The van der Waals surface area contributed by atoms with Gasteiger partial charge in [-0.3, -0.25) is 15.0 Å². The van der Waals surface area contributed by atoms with Crippen molar-refractivity contribution in [1.29, 1.82) is 0 Å². The van der Waals surface area contributed by atoms with Crippen LogP contribution in [-0.4, -0.2) is 20.2 Å². The number of hydrogen-bond donors (Lipinski definition) is 0. The van der Waals surface area contributed by atoms with Crippen molar-refractivity contribution in [3.8, 4) is 16.8 Å². The minimum absolute atomic E-state index is 0.861. The molecule has 4 heterocycles. The second kappa shape index (κ2) is 9.68. The van der Waals surface area contributed by atoms with Crippen molar-refractivity contribution in [2.24, 2.45) is 4.99 Å². The lowest BCUT2D eigenvalue weighted by molar-refractivity contribution is 1.06. The van der Waals surface area contributed by atoms with Crippen molar-refractivity contribution < 1.29 is 0 Å². The van der Waals surface area contributed by atoms with Gasteiger partial charge in [-0.2, -0.15) is 0 Å². The summed E-state index contributed by atoms with van der Waals surface area (Å²) in [5.74, 6) is 0. The number of rotatable bonds is 4. The highest BCUT2D eigenvalue weighted by atomic mass is 15.0. The molecule has 1 aliphatic heterocycles. The zero-order chi connectivity index (χ0) is 27.2. The van der Waals surface area contributed by atoms with Gasteiger partial charge in [0.2, 0.25) is 0 Å². The van der Waals surface area contributed by atoms with E-state index in [0.717, 1.165) is 41.0 Å². The Morgan fingerprint density at radius 1 is 0.585 bits per heavy atom. The van der Waals surface area contributed by atoms with E-state index in [9.17, 15) is 0 Å². The summed E-state index contributed by atoms with van der Waals surface area (Å²) in [6, 6.07) is 38.6. The Labute approximate surface area is 238 Å². The van der Waals surface area contributed by atoms with Crippen molar-refractivity contribution in [3.05, 3.63) is 145 Å². The summed E-state index contributed by atoms with van der Waals surface area (Å²) in [5, 5.41) is 4.87. The van der Waals surface area contributed by atoms with Gasteiger partial charge in [0.1, 0.15) is 0 Å². The van der Waals surface area contributed by atoms with Gasteiger partial charge < -0.3 is 4.57 Å². The van der Waals surface area contributed by atoms with E-state index in [4.69, 9.17) is 9.98 Å². The van der Waals surface area contributed by atoms with Crippen LogP contribution >= 0.6 is 0 Å². The van der Waals surface area contributed by atoms with Gasteiger partial charge in [-0.1, -0.05) is 72.8 Å². The highest BCUT2D eigenvalue weighted by Crippen LogP contribution is 2.33. The lowest BCUT2D eigenvalue weighted by Crippen LogP contribution is -2.07. The number of aromatic nitrogens is 3. The van der Waals surface area contributed by atoms with Crippen molar-refractivity contribution in [2.75, 3.05) is 0 Å². The van der Waals surface area contributed by atoms with Crippen LogP contribution in [0.2, 0.25) is 0 Å². The molecular weight excluding hydrogens is 500 g/mol. The molecule has 0 saturated carbocycles. The quantitative estimate of drug-likeness (QED) is 0.230. The first-order valence-corrected chi connectivity index (χ1v) is 14.0. The van der Waals surface area contributed by atoms with E-state index in [-0.39, 0.29) is 0 Å². The second-order valence-electron chi connectivity index (χ2n) is 10.5. The predicted molar refractivity (Wildman–Crippen MR) is 170 cm³/mol. The number of allylic oxidation sites excluding steroid dienone is 1. The lowest BCUT2D eigenvalue weighted by atomic mass is 9.96. The normalized spacial score (nSPS) is 13.5. The topological polar surface area (TPSA) is 43.1 Å². The van der Waals surface area contributed by atoms with Gasteiger partial charge in [-0.25, -0.2) is 0 Å². The molecule has 0 saturated heterocycles. The number of para-hydroxylation sites is 1. The van der Waals surface area contributed by atoms with E-state index in [1.165, 1.54) is 43.8 Å². The summed E-state index contributed by atoms with van der Waals surface area (Å²) >= 11 is 0. The van der Waals surface area contributed by atoms with Gasteiger partial charge in [0, 0.05) is 46.8 Å². The van der Waals surface area contributed by atoms with Crippen LogP contribution in [0, 0.1) is 0 Å². The van der Waals surface area contributed by atoms with Crippen LogP contribution in [0.3, 0.4) is 0 Å². The number of fused-ring (bicyclic) bond motifs is 4. The fourth-order valence-electron chi connectivity index (χ4n) is 5.99. The molecule has 4 aromatic carbocycles. The summed E-state index contributed by atoms with van der Waals surface area (Å²) in [6.07, 6.45) is 9.59. The number of hydrogen-bond acceptors (Lipinski definition) is 3. The maximum absolute atomic E-state index is 4.87. The number of nitrogens with zero attached hydrogens (tertiary/aromatic N) is 4. The first kappa shape index (κ1) is 23.5. The summed E-state index contributed by atoms with van der Waals surface area (Å²) in [7, 11) is 0. The predicted octanol–water partition coefficient (Wildman–Crippen LogP) is 9.02. The largest absolute Gasteiger partial charge is 0.309 e. The molecule has 3 aromatic heterocycles. The van der Waals surface area contributed by atoms with Crippen LogP contribution in [0.4, 0.5) is 0 Å². The Morgan fingerprint density at radius 3 is 2.32 bits per heavy atom. The van der Waals surface area contributed by atoms with Crippen LogP contribution in [-0.2, 0) is 0 Å². The molecule has 4 heteroatoms. The van der Waals surface area contributed by atoms with Gasteiger partial charge in [0.05, 0.1) is 22.4 Å². The molecule has 0 fully saturated rings. The van der Waals surface area contributed by atoms with Gasteiger partial charge >= 0.3 is 0 Å². The molecule has 0 unspecified atom stereocenters. The third-order valence-corrected chi connectivity index (χ3v) is 8.10. The maximum Gasteiger partial charge on any atom is 0.0844 e. The molecule has 194 valence electrons. The van der Waals surface area contributed by atoms with Gasteiger partial charge in [0.15, 0.2) is 0 Å². The van der Waals surface area contributed by atoms with Crippen LogP contribution in [0.5, 0.6) is 0 Å². The summed E-state index contributed by atoms with van der Waals surface area (Å²) in [5.41, 5.74) is 10.2. The van der Waals surface area contributed by atoms with E-state index >= 15 is 0 Å². The minimum atomic E-state index is 0.861. The molecule has 41 heavy (non-hydrogen) atoms. The summed E-state index contributed by atoms with van der Waals surface area (Å²) in [6.45, 7) is 0. The molecule has 0 spiro atoms. The van der Waals surface area contributed by atoms with Crippen molar-refractivity contribution in [2.45, 2.75) is 12.8 Å². The van der Waals surface area contributed by atoms with Gasteiger partial charge in [-0.05, 0) is 76.7 Å². The fourth-order valence-corrected chi connectivity index (χ4v) is 5.99. The number of benzene rings is 4. The Hall–Kier alpha value is -5.35. The molecule has 0 atom stereocenters. The lowest BCUT2D eigenvalue weighted by Gasteiger charge is -2.16. The first-order chi connectivity index (χ1) is 20.3. The molecule has 0 amide bonds. The SMILES string of the molecule is C1=C(c2cccc(-n3c4ccccc4c4cnccc43)c2)CCC(c2ccc(-c3ccc4ccccc4c3)cn2)=N1. The Bertz CT molecular complexity index is 2100. The standard InChI is InChI=1S/C37H26N4/c1-2-7-26-20-28(13-12-25(26)6-1)30-15-17-35(40-23-30)34-16-14-29(22-39-34)27-8-5-9-31(21-27)41-36-11-4-3-10-32(36)33-24-38-19-18-37(33)41/h1-13,15,17-24H,14,16H2. The highest BCUT2D eigenvalue weighted by Gasteiger charge is 2.16. The van der Waals surface area contributed by atoms with E-state index in [0.29, 0.717) is 0 Å². The summed E-state index contributed by atoms with van der Waals surface area (Å²) < 4.78 is 2.33.